The van der Waals surface area contributed by atoms with Crippen LogP contribution in [0.25, 0.3) is 0 Å². The van der Waals surface area contributed by atoms with Crippen LogP contribution in [0.15, 0.2) is 48.6 Å². The van der Waals surface area contributed by atoms with Gasteiger partial charge in [-0.3, -0.25) is 0 Å². The van der Waals surface area contributed by atoms with Crippen molar-refractivity contribution in [3.8, 4) is 0 Å². The van der Waals surface area contributed by atoms with Crippen molar-refractivity contribution in [2.45, 2.75) is 64.2 Å². The number of hydrogen-bond donors (Lipinski definition) is 0. The topological polar surface area (TPSA) is 0 Å². The van der Waals surface area contributed by atoms with Crippen molar-refractivity contribution in [2.75, 3.05) is 0 Å². The van der Waals surface area contributed by atoms with E-state index in [4.69, 9.17) is 11.6 Å². The Balaban J connectivity index is 1.51. The van der Waals surface area contributed by atoms with Gasteiger partial charge in [-0.1, -0.05) is 61.4 Å². The van der Waals surface area contributed by atoms with Gasteiger partial charge in [0.25, 0.3) is 0 Å². The summed E-state index contributed by atoms with van der Waals surface area (Å²) in [4.78, 5) is 0. The van der Waals surface area contributed by atoms with Gasteiger partial charge in [0, 0.05) is 5.02 Å². The molecule has 2 aromatic carbocycles. The third-order valence-corrected chi connectivity index (χ3v) is 6.54. The highest BCUT2D eigenvalue weighted by atomic mass is 35.5. The fourth-order valence-corrected chi connectivity index (χ4v) is 4.96. The molecule has 0 unspecified atom stereocenters. The van der Waals surface area contributed by atoms with Crippen LogP contribution in [0.4, 0.5) is 0 Å². The molecule has 26 heavy (non-hydrogen) atoms. The zero-order valence-electron chi connectivity index (χ0n) is 15.8. The first-order valence-electron chi connectivity index (χ1n) is 10.3. The minimum absolute atomic E-state index is 0.645. The summed E-state index contributed by atoms with van der Waals surface area (Å²) in [6, 6.07) is 13.3. The maximum Gasteiger partial charge on any atom is 0.0406 e. The molecule has 0 spiro atoms. The molecule has 0 amide bonds. The first kappa shape index (κ1) is 17.9. The van der Waals surface area contributed by atoms with Gasteiger partial charge < -0.3 is 0 Å². The summed E-state index contributed by atoms with van der Waals surface area (Å²) in [6.45, 7) is 2.25. The summed E-state index contributed by atoms with van der Waals surface area (Å²) < 4.78 is 0. The molecular formula is C25H29Cl. The van der Waals surface area contributed by atoms with Crippen LogP contribution in [0.5, 0.6) is 0 Å². The molecule has 0 saturated heterocycles. The van der Waals surface area contributed by atoms with Gasteiger partial charge in [-0.05, 0) is 96.7 Å². The quantitative estimate of drug-likeness (QED) is 0.508. The first-order valence-corrected chi connectivity index (χ1v) is 10.7. The van der Waals surface area contributed by atoms with Crippen molar-refractivity contribution in [1.29, 1.82) is 0 Å². The van der Waals surface area contributed by atoms with Gasteiger partial charge in [-0.25, -0.2) is 0 Å². The number of hydrogen-bond acceptors (Lipinski definition) is 0. The van der Waals surface area contributed by atoms with Crippen LogP contribution >= 0.6 is 11.6 Å². The Morgan fingerprint density at radius 1 is 0.923 bits per heavy atom. The molecule has 0 saturated carbocycles. The molecule has 2 aliphatic carbocycles. The molecule has 1 heteroatoms. The zero-order chi connectivity index (χ0) is 17.9. The largest absolute Gasteiger partial charge is 0.0883 e. The summed E-state index contributed by atoms with van der Waals surface area (Å²) >= 11 is 6.06. The highest BCUT2D eigenvalue weighted by Gasteiger charge is 2.26. The van der Waals surface area contributed by atoms with Gasteiger partial charge in [-0.15, -0.1) is 0 Å². The third-order valence-electron chi connectivity index (χ3n) is 6.29. The Morgan fingerprint density at radius 3 is 2.35 bits per heavy atom. The fraction of sp³-hybridized carbons (Fsp3) is 0.440. The number of allylic oxidation sites excluding steroid dienone is 2. The zero-order valence-corrected chi connectivity index (χ0v) is 16.6. The standard InChI is InChI=1S/C25H29Cl/c1-2-3-4-5-18-6-14-24-21(16-18)7-8-22-17-20(11-15-25(22)24)19-9-12-23(26)13-10-19/h4-5,7-10,12-13,18,20H,2-3,6,11,14-17H2,1H3/b5-4+/t18-,20-/m0/s1. The van der Waals surface area contributed by atoms with Crippen molar-refractivity contribution >= 4 is 11.6 Å². The van der Waals surface area contributed by atoms with E-state index in [1.807, 2.05) is 12.1 Å². The molecular weight excluding hydrogens is 336 g/mol. The average Bonchev–Trinajstić information content (AvgIpc) is 2.68. The summed E-state index contributed by atoms with van der Waals surface area (Å²) in [5.41, 5.74) is 8.03. The van der Waals surface area contributed by atoms with Gasteiger partial charge in [0.1, 0.15) is 0 Å². The highest BCUT2D eigenvalue weighted by Crippen LogP contribution is 2.38. The summed E-state index contributed by atoms with van der Waals surface area (Å²) in [6.07, 6.45) is 14.9. The molecule has 4 rings (SSSR count). The van der Waals surface area contributed by atoms with Gasteiger partial charge in [0.2, 0.25) is 0 Å². The van der Waals surface area contributed by atoms with Crippen LogP contribution in [0.3, 0.4) is 0 Å². The van der Waals surface area contributed by atoms with Crippen molar-refractivity contribution in [1.82, 2.24) is 0 Å². The van der Waals surface area contributed by atoms with E-state index in [2.05, 4.69) is 43.3 Å². The Hall–Kier alpha value is -1.53. The van der Waals surface area contributed by atoms with Crippen molar-refractivity contribution in [3.05, 3.63) is 81.4 Å². The molecule has 0 fully saturated rings. The Bertz CT molecular complexity index is 785. The number of halogens is 1. The Kier molecular flexibility index (Phi) is 5.50. The molecule has 0 radical (unpaired) electrons. The lowest BCUT2D eigenvalue weighted by atomic mass is 9.74. The smallest absolute Gasteiger partial charge is 0.0406 e. The molecule has 0 aliphatic heterocycles. The summed E-state index contributed by atoms with van der Waals surface area (Å²) in [5, 5.41) is 0.835. The summed E-state index contributed by atoms with van der Waals surface area (Å²) in [7, 11) is 0. The van der Waals surface area contributed by atoms with Crippen LogP contribution in [0.1, 0.15) is 66.3 Å². The molecule has 0 bridgehead atoms. The van der Waals surface area contributed by atoms with Gasteiger partial charge >= 0.3 is 0 Å². The summed E-state index contributed by atoms with van der Waals surface area (Å²) in [5.74, 6) is 1.39. The first-order chi connectivity index (χ1) is 12.7. The van der Waals surface area contributed by atoms with Gasteiger partial charge in [0.05, 0.1) is 0 Å². The predicted molar refractivity (Wildman–Crippen MR) is 112 cm³/mol. The highest BCUT2D eigenvalue weighted by molar-refractivity contribution is 6.30. The molecule has 2 atom stereocenters. The Morgan fingerprint density at radius 2 is 1.62 bits per heavy atom. The molecule has 0 aromatic heterocycles. The van der Waals surface area contributed by atoms with E-state index in [9.17, 15) is 0 Å². The number of unbranched alkanes of at least 4 members (excludes halogenated alkanes) is 1. The van der Waals surface area contributed by atoms with Crippen LogP contribution in [0.2, 0.25) is 5.02 Å². The average molecular weight is 365 g/mol. The lowest BCUT2D eigenvalue weighted by Crippen LogP contribution is -2.20. The minimum Gasteiger partial charge on any atom is -0.0883 e. The maximum atomic E-state index is 6.06. The second kappa shape index (κ2) is 8.01. The number of rotatable bonds is 4. The lowest BCUT2D eigenvalue weighted by Gasteiger charge is -2.31. The van der Waals surface area contributed by atoms with Crippen molar-refractivity contribution in [3.63, 3.8) is 0 Å². The third kappa shape index (κ3) is 3.76. The van der Waals surface area contributed by atoms with Crippen molar-refractivity contribution < 1.29 is 0 Å². The lowest BCUT2D eigenvalue weighted by molar-refractivity contribution is 0.533. The molecule has 0 heterocycles. The van der Waals surface area contributed by atoms with E-state index >= 15 is 0 Å². The molecule has 136 valence electrons. The maximum absolute atomic E-state index is 6.06. The Labute approximate surface area is 163 Å². The van der Waals surface area contributed by atoms with E-state index in [0.717, 1.165) is 10.9 Å². The van der Waals surface area contributed by atoms with Gasteiger partial charge in [-0.2, -0.15) is 0 Å². The minimum atomic E-state index is 0.645. The van der Waals surface area contributed by atoms with Crippen LogP contribution in [-0.2, 0) is 25.7 Å². The second-order valence-electron chi connectivity index (χ2n) is 8.05. The monoisotopic (exact) mass is 364 g/mol. The van der Waals surface area contributed by atoms with Crippen molar-refractivity contribution in [2.24, 2.45) is 5.92 Å². The molecule has 2 aromatic rings. The van der Waals surface area contributed by atoms with Crippen LogP contribution < -0.4 is 0 Å². The molecule has 0 N–H and O–H groups in total. The van der Waals surface area contributed by atoms with Crippen LogP contribution in [0, 0.1) is 5.92 Å². The van der Waals surface area contributed by atoms with E-state index in [1.54, 1.807) is 22.3 Å². The predicted octanol–water partition coefficient (Wildman–Crippen LogP) is 7.07. The number of benzene rings is 2. The van der Waals surface area contributed by atoms with E-state index in [-0.39, 0.29) is 0 Å². The SMILES string of the molecule is CCC/C=C/[C@H]1CCc2c(ccc3c2CC[C@H](c2ccc(Cl)cc2)C3)C1. The van der Waals surface area contributed by atoms with Gasteiger partial charge in [0.15, 0.2) is 0 Å². The van der Waals surface area contributed by atoms with E-state index < -0.39 is 0 Å². The second-order valence-corrected chi connectivity index (χ2v) is 8.49. The number of fused-ring (bicyclic) bond motifs is 3. The molecule has 0 nitrogen and oxygen atoms in total. The van der Waals surface area contributed by atoms with Crippen LogP contribution in [-0.4, -0.2) is 0 Å². The van der Waals surface area contributed by atoms with E-state index in [1.165, 1.54) is 56.9 Å². The normalized spacial score (nSPS) is 22.2. The molecule has 2 aliphatic rings. The van der Waals surface area contributed by atoms with E-state index in [0.29, 0.717) is 5.92 Å². The fourth-order valence-electron chi connectivity index (χ4n) is 4.83.